The maximum absolute atomic E-state index is 13.3. The standard InChI is InChI=1S/C34H41NO6/c1-4-5-6-7-8-24-40-31-21-15-29(16-22-31)34(38)41-32-17-11-27(12-18-32)25-35(23-9-10-26(2)36)33(37)28-13-19-30(39-3)20-14-28/h11-22H,4-10,23-25H2,1-3H3. The molecule has 0 saturated heterocycles. The summed E-state index contributed by atoms with van der Waals surface area (Å²) in [6.07, 6.45) is 6.87. The number of nitrogens with zero attached hydrogens (tertiary/aromatic N) is 1. The molecular weight excluding hydrogens is 518 g/mol. The van der Waals surface area contributed by atoms with Crippen molar-refractivity contribution in [3.8, 4) is 17.2 Å². The van der Waals surface area contributed by atoms with Gasteiger partial charge in [-0.15, -0.1) is 0 Å². The van der Waals surface area contributed by atoms with E-state index < -0.39 is 5.97 Å². The van der Waals surface area contributed by atoms with Crippen molar-refractivity contribution < 1.29 is 28.6 Å². The van der Waals surface area contributed by atoms with Crippen LogP contribution in [0.5, 0.6) is 17.2 Å². The van der Waals surface area contributed by atoms with Crippen LogP contribution < -0.4 is 14.2 Å². The lowest BCUT2D eigenvalue weighted by Gasteiger charge is -2.23. The second-order valence-corrected chi connectivity index (χ2v) is 10.1. The van der Waals surface area contributed by atoms with Gasteiger partial charge in [0.2, 0.25) is 0 Å². The first-order valence-electron chi connectivity index (χ1n) is 14.4. The number of carbonyl (C=O) groups excluding carboxylic acids is 3. The Kier molecular flexibility index (Phi) is 12.9. The predicted molar refractivity (Wildman–Crippen MR) is 160 cm³/mol. The number of hydrogen-bond acceptors (Lipinski definition) is 6. The molecule has 0 atom stereocenters. The zero-order valence-corrected chi connectivity index (χ0v) is 24.4. The van der Waals surface area contributed by atoms with Crippen LogP contribution in [0.4, 0.5) is 0 Å². The molecular formula is C34H41NO6. The van der Waals surface area contributed by atoms with Gasteiger partial charge < -0.3 is 23.9 Å². The van der Waals surface area contributed by atoms with E-state index in [-0.39, 0.29) is 11.7 Å². The largest absolute Gasteiger partial charge is 0.497 e. The fourth-order valence-corrected chi connectivity index (χ4v) is 4.32. The first kappa shape index (κ1) is 31.4. The van der Waals surface area contributed by atoms with E-state index in [1.54, 1.807) is 79.6 Å². The third kappa shape index (κ3) is 10.7. The van der Waals surface area contributed by atoms with Crippen LogP contribution in [0.15, 0.2) is 72.8 Å². The Morgan fingerprint density at radius 3 is 1.95 bits per heavy atom. The minimum absolute atomic E-state index is 0.0907. The number of rotatable bonds is 17. The molecule has 41 heavy (non-hydrogen) atoms. The van der Waals surface area contributed by atoms with Crippen LogP contribution in [0.2, 0.25) is 0 Å². The maximum atomic E-state index is 13.3. The summed E-state index contributed by atoms with van der Waals surface area (Å²) in [5.41, 5.74) is 1.86. The highest BCUT2D eigenvalue weighted by molar-refractivity contribution is 5.94. The highest BCUT2D eigenvalue weighted by Gasteiger charge is 2.17. The van der Waals surface area contributed by atoms with Crippen LogP contribution in [-0.2, 0) is 11.3 Å². The SMILES string of the molecule is CCCCCCCOc1ccc(C(=O)Oc2ccc(CN(CCCC(C)=O)C(=O)c3ccc(OC)cc3)cc2)cc1. The molecule has 0 aliphatic rings. The molecule has 1 amide bonds. The second kappa shape index (κ2) is 16.9. The van der Waals surface area contributed by atoms with Gasteiger partial charge in [-0.05, 0) is 86.0 Å². The Hall–Kier alpha value is -4.13. The number of ketones is 1. The molecule has 3 aromatic carbocycles. The van der Waals surface area contributed by atoms with Gasteiger partial charge in [-0.1, -0.05) is 44.7 Å². The molecule has 0 N–H and O–H groups in total. The van der Waals surface area contributed by atoms with Gasteiger partial charge in [-0.3, -0.25) is 4.79 Å². The molecule has 7 nitrogen and oxygen atoms in total. The molecule has 3 aromatic rings. The topological polar surface area (TPSA) is 82.1 Å². The summed E-state index contributed by atoms with van der Waals surface area (Å²) in [5, 5.41) is 0. The summed E-state index contributed by atoms with van der Waals surface area (Å²) >= 11 is 0. The van der Waals surface area contributed by atoms with E-state index in [0.29, 0.717) is 55.2 Å². The Morgan fingerprint density at radius 1 is 0.707 bits per heavy atom. The van der Waals surface area contributed by atoms with E-state index in [2.05, 4.69) is 6.92 Å². The first-order chi connectivity index (χ1) is 19.9. The van der Waals surface area contributed by atoms with E-state index >= 15 is 0 Å². The molecule has 0 radical (unpaired) electrons. The van der Waals surface area contributed by atoms with Crippen LogP contribution in [0.3, 0.4) is 0 Å². The van der Waals surface area contributed by atoms with Gasteiger partial charge in [0.25, 0.3) is 5.91 Å². The number of carbonyl (C=O) groups is 3. The Morgan fingerprint density at radius 2 is 1.32 bits per heavy atom. The lowest BCUT2D eigenvalue weighted by atomic mass is 10.1. The van der Waals surface area contributed by atoms with E-state index in [0.717, 1.165) is 24.2 Å². The smallest absolute Gasteiger partial charge is 0.343 e. The number of unbranched alkanes of at least 4 members (excludes halogenated alkanes) is 4. The van der Waals surface area contributed by atoms with Crippen molar-refractivity contribution in [1.29, 1.82) is 0 Å². The molecule has 0 fully saturated rings. The molecule has 7 heteroatoms. The van der Waals surface area contributed by atoms with Gasteiger partial charge in [-0.25, -0.2) is 4.79 Å². The summed E-state index contributed by atoms with van der Waals surface area (Å²) in [6, 6.07) is 21.0. The van der Waals surface area contributed by atoms with E-state index in [4.69, 9.17) is 14.2 Å². The monoisotopic (exact) mass is 559 g/mol. The van der Waals surface area contributed by atoms with E-state index in [1.165, 1.54) is 19.3 Å². The highest BCUT2D eigenvalue weighted by atomic mass is 16.5. The highest BCUT2D eigenvalue weighted by Crippen LogP contribution is 2.20. The van der Waals surface area contributed by atoms with Crippen molar-refractivity contribution in [2.75, 3.05) is 20.3 Å². The third-order valence-corrected chi connectivity index (χ3v) is 6.70. The van der Waals surface area contributed by atoms with Crippen molar-refractivity contribution in [3.63, 3.8) is 0 Å². The van der Waals surface area contributed by atoms with Crippen LogP contribution in [0.25, 0.3) is 0 Å². The van der Waals surface area contributed by atoms with Crippen molar-refractivity contribution in [2.24, 2.45) is 0 Å². The third-order valence-electron chi connectivity index (χ3n) is 6.70. The van der Waals surface area contributed by atoms with Gasteiger partial charge in [0.15, 0.2) is 0 Å². The van der Waals surface area contributed by atoms with E-state index in [1.807, 2.05) is 12.1 Å². The molecule has 0 heterocycles. The zero-order valence-electron chi connectivity index (χ0n) is 24.4. The molecule has 0 saturated carbocycles. The zero-order chi connectivity index (χ0) is 29.5. The maximum Gasteiger partial charge on any atom is 0.343 e. The second-order valence-electron chi connectivity index (χ2n) is 10.1. The summed E-state index contributed by atoms with van der Waals surface area (Å²) < 4.78 is 16.5. The van der Waals surface area contributed by atoms with Gasteiger partial charge in [0.1, 0.15) is 23.0 Å². The Labute approximate surface area is 243 Å². The number of methoxy groups -OCH3 is 1. The molecule has 3 rings (SSSR count). The number of esters is 1. The van der Waals surface area contributed by atoms with E-state index in [9.17, 15) is 14.4 Å². The molecule has 0 aliphatic heterocycles. The number of Topliss-reactive ketones (excluding diaryl/α,β-unsaturated/α-hetero) is 1. The predicted octanol–water partition coefficient (Wildman–Crippen LogP) is 7.28. The number of benzene rings is 3. The van der Waals surface area contributed by atoms with Gasteiger partial charge in [-0.2, -0.15) is 0 Å². The van der Waals surface area contributed by atoms with Crippen LogP contribution in [-0.4, -0.2) is 42.8 Å². The Balaban J connectivity index is 1.56. The average molecular weight is 560 g/mol. The molecule has 0 aromatic heterocycles. The van der Waals surface area contributed by atoms with Crippen LogP contribution in [0, 0.1) is 0 Å². The summed E-state index contributed by atoms with van der Waals surface area (Å²) in [6.45, 7) is 5.22. The molecule has 0 aliphatic carbocycles. The lowest BCUT2D eigenvalue weighted by molar-refractivity contribution is -0.117. The molecule has 218 valence electrons. The van der Waals surface area contributed by atoms with Crippen molar-refractivity contribution in [3.05, 3.63) is 89.5 Å². The molecule has 0 bridgehead atoms. The molecule has 0 spiro atoms. The fourth-order valence-electron chi connectivity index (χ4n) is 4.32. The normalized spacial score (nSPS) is 10.6. The quantitative estimate of drug-likeness (QED) is 0.0982. The Bertz CT molecular complexity index is 1240. The van der Waals surface area contributed by atoms with Gasteiger partial charge in [0.05, 0.1) is 19.3 Å². The van der Waals surface area contributed by atoms with Crippen molar-refractivity contribution in [2.45, 2.75) is 65.3 Å². The summed E-state index contributed by atoms with van der Waals surface area (Å²) in [7, 11) is 1.58. The van der Waals surface area contributed by atoms with Crippen LogP contribution >= 0.6 is 0 Å². The summed E-state index contributed by atoms with van der Waals surface area (Å²) in [4.78, 5) is 39.1. The summed E-state index contributed by atoms with van der Waals surface area (Å²) in [5.74, 6) is 1.33. The average Bonchev–Trinajstić information content (AvgIpc) is 2.99. The fraction of sp³-hybridized carbons (Fsp3) is 0.382. The first-order valence-corrected chi connectivity index (χ1v) is 14.4. The van der Waals surface area contributed by atoms with Gasteiger partial charge in [0, 0.05) is 25.1 Å². The number of ether oxygens (including phenoxy) is 3. The minimum atomic E-state index is -0.454. The number of hydrogen-bond donors (Lipinski definition) is 0. The minimum Gasteiger partial charge on any atom is -0.497 e. The van der Waals surface area contributed by atoms with Crippen molar-refractivity contribution in [1.82, 2.24) is 4.90 Å². The molecule has 0 unspecified atom stereocenters. The number of amides is 1. The van der Waals surface area contributed by atoms with Gasteiger partial charge >= 0.3 is 5.97 Å². The van der Waals surface area contributed by atoms with Crippen molar-refractivity contribution >= 4 is 17.7 Å². The lowest BCUT2D eigenvalue weighted by Crippen LogP contribution is -2.31. The van der Waals surface area contributed by atoms with Crippen LogP contribution in [0.1, 0.15) is 85.1 Å².